The van der Waals surface area contributed by atoms with Gasteiger partial charge in [-0.1, -0.05) is 20.8 Å². The summed E-state index contributed by atoms with van der Waals surface area (Å²) in [5.41, 5.74) is 1.45. The first kappa shape index (κ1) is 20.2. The summed E-state index contributed by atoms with van der Waals surface area (Å²) >= 11 is 0. The van der Waals surface area contributed by atoms with E-state index in [0.717, 1.165) is 30.2 Å². The fraction of sp³-hybridized carbons (Fsp3) is 0.960. The van der Waals surface area contributed by atoms with E-state index in [2.05, 4.69) is 26.1 Å². The highest BCUT2D eigenvalue weighted by atomic mass is 16.5. The molecule has 4 nitrogen and oxygen atoms in total. The van der Waals surface area contributed by atoms with E-state index in [1.807, 2.05) is 7.11 Å². The summed E-state index contributed by atoms with van der Waals surface area (Å²) in [6.45, 7) is 8.31. The van der Waals surface area contributed by atoms with Crippen LogP contribution in [-0.4, -0.2) is 33.0 Å². The van der Waals surface area contributed by atoms with Crippen LogP contribution >= 0.6 is 0 Å². The summed E-state index contributed by atoms with van der Waals surface area (Å²) < 4.78 is 11.0. The summed E-state index contributed by atoms with van der Waals surface area (Å²) in [6.07, 6.45) is 11.3. The molecule has 29 heavy (non-hydrogen) atoms. The number of carbonyl (C=O) groups is 1. The Morgan fingerprint density at radius 2 is 1.90 bits per heavy atom. The molecule has 0 saturated heterocycles. The third-order valence-electron chi connectivity index (χ3n) is 11.3. The second kappa shape index (κ2) is 6.61. The van der Waals surface area contributed by atoms with Gasteiger partial charge < -0.3 is 14.8 Å². The van der Waals surface area contributed by atoms with Gasteiger partial charge in [0, 0.05) is 19.1 Å². The van der Waals surface area contributed by atoms with E-state index in [-0.39, 0.29) is 6.09 Å². The Bertz CT molecular complexity index is 681. The van der Waals surface area contributed by atoms with Crippen molar-refractivity contribution in [2.45, 2.75) is 78.2 Å². The molecule has 164 valence electrons. The van der Waals surface area contributed by atoms with Gasteiger partial charge in [0.25, 0.3) is 0 Å². The van der Waals surface area contributed by atoms with Crippen LogP contribution in [0.25, 0.3) is 0 Å². The van der Waals surface area contributed by atoms with E-state index < -0.39 is 0 Å². The zero-order chi connectivity index (χ0) is 20.6. The van der Waals surface area contributed by atoms with Crippen LogP contribution in [0.5, 0.6) is 0 Å². The van der Waals surface area contributed by atoms with Gasteiger partial charge in [-0.05, 0) is 97.7 Å². The van der Waals surface area contributed by atoms with E-state index >= 15 is 0 Å². The van der Waals surface area contributed by atoms with Gasteiger partial charge in [-0.3, -0.25) is 0 Å². The van der Waals surface area contributed by atoms with Crippen LogP contribution in [0.3, 0.4) is 0 Å². The van der Waals surface area contributed by atoms with Crippen LogP contribution in [-0.2, 0) is 9.47 Å². The molecule has 5 aliphatic rings. The Kier molecular flexibility index (Phi) is 4.59. The number of methoxy groups -OCH3 is 2. The smallest absolute Gasteiger partial charge is 0.406 e. The molecular formula is C25H41NO3. The number of ether oxygens (including phenoxy) is 2. The highest BCUT2D eigenvalue weighted by Crippen LogP contribution is 2.82. The molecule has 1 spiro atoms. The van der Waals surface area contributed by atoms with Gasteiger partial charge in [0.2, 0.25) is 0 Å². The maximum atomic E-state index is 11.6. The number of rotatable bonds is 4. The highest BCUT2D eigenvalue weighted by Gasteiger charge is 2.77. The van der Waals surface area contributed by atoms with E-state index in [1.54, 1.807) is 0 Å². The van der Waals surface area contributed by atoms with Crippen LogP contribution in [0.2, 0.25) is 0 Å². The molecule has 0 bridgehead atoms. The first-order valence-electron chi connectivity index (χ1n) is 12.2. The predicted octanol–water partition coefficient (Wildman–Crippen LogP) is 5.26. The quantitative estimate of drug-likeness (QED) is 0.696. The van der Waals surface area contributed by atoms with Crippen molar-refractivity contribution in [3.05, 3.63) is 0 Å². The van der Waals surface area contributed by atoms with Gasteiger partial charge in [-0.2, -0.15) is 0 Å². The van der Waals surface area contributed by atoms with Crippen molar-refractivity contribution < 1.29 is 14.3 Å². The van der Waals surface area contributed by atoms with E-state index in [9.17, 15) is 4.79 Å². The zero-order valence-corrected chi connectivity index (χ0v) is 19.1. The Balaban J connectivity index is 1.37. The monoisotopic (exact) mass is 403 g/mol. The van der Waals surface area contributed by atoms with Crippen molar-refractivity contribution >= 4 is 6.09 Å². The molecular weight excluding hydrogens is 362 g/mol. The van der Waals surface area contributed by atoms with Gasteiger partial charge in [0.1, 0.15) is 0 Å². The van der Waals surface area contributed by atoms with Gasteiger partial charge in [0.15, 0.2) is 0 Å². The molecule has 0 aromatic heterocycles. The van der Waals surface area contributed by atoms with Crippen LogP contribution < -0.4 is 5.32 Å². The predicted molar refractivity (Wildman–Crippen MR) is 113 cm³/mol. The number of nitrogens with one attached hydrogen (secondary N) is 1. The fourth-order valence-corrected chi connectivity index (χ4v) is 10.0. The van der Waals surface area contributed by atoms with Crippen molar-refractivity contribution in [3.63, 3.8) is 0 Å². The summed E-state index contributed by atoms with van der Waals surface area (Å²) in [6, 6.07) is 0. The van der Waals surface area contributed by atoms with E-state index in [0.29, 0.717) is 34.2 Å². The Hall–Kier alpha value is -0.770. The standard InChI is InChI=1S/C25H41NO3/c1-15(14-26-22(27)29-5)18-6-7-19-17-12-21(28-4)25-13-16(25)8-11-24(25,3)20(17)9-10-23(18,19)2/h15-21H,6-14H2,1-5H3,(H,26,27)/t15-,16-,17+,18-,19+,20+,21?,23-,24-,25?/m1/s1. The second-order valence-electron chi connectivity index (χ2n) is 11.8. The number of amides is 1. The lowest BCUT2D eigenvalue weighted by molar-refractivity contribution is -0.160. The Labute approximate surface area is 176 Å². The van der Waals surface area contributed by atoms with Crippen molar-refractivity contribution in [2.24, 2.45) is 51.8 Å². The van der Waals surface area contributed by atoms with Crippen LogP contribution in [0.4, 0.5) is 4.79 Å². The van der Waals surface area contributed by atoms with Crippen LogP contribution in [0.15, 0.2) is 0 Å². The lowest BCUT2D eigenvalue weighted by Gasteiger charge is -2.61. The average Bonchev–Trinajstić information content (AvgIpc) is 3.22. The third-order valence-corrected chi connectivity index (χ3v) is 11.3. The Morgan fingerprint density at radius 3 is 2.59 bits per heavy atom. The number of fused-ring (bicyclic) bond motifs is 4. The normalized spacial score (nSPS) is 53.3. The lowest BCUT2D eigenvalue weighted by Crippen LogP contribution is -2.57. The minimum absolute atomic E-state index is 0.297. The van der Waals surface area contributed by atoms with Crippen LogP contribution in [0.1, 0.15) is 72.1 Å². The second-order valence-corrected chi connectivity index (χ2v) is 11.8. The molecule has 5 rings (SSSR count). The molecule has 5 aliphatic carbocycles. The molecule has 5 saturated carbocycles. The largest absolute Gasteiger partial charge is 0.453 e. The molecule has 2 unspecified atom stereocenters. The lowest BCUT2D eigenvalue weighted by atomic mass is 9.45. The number of hydrogen-bond acceptors (Lipinski definition) is 3. The summed E-state index contributed by atoms with van der Waals surface area (Å²) in [4.78, 5) is 11.6. The molecule has 0 aromatic carbocycles. The Morgan fingerprint density at radius 1 is 1.10 bits per heavy atom. The van der Waals surface area contributed by atoms with Crippen LogP contribution in [0, 0.1) is 51.8 Å². The molecule has 0 radical (unpaired) electrons. The summed E-state index contributed by atoms with van der Waals surface area (Å²) in [5, 5.41) is 2.96. The number of alkyl carbamates (subject to hydrolysis) is 1. The summed E-state index contributed by atoms with van der Waals surface area (Å²) in [5.74, 6) is 4.72. The minimum atomic E-state index is -0.297. The minimum Gasteiger partial charge on any atom is -0.453 e. The molecule has 0 heterocycles. The molecule has 4 heteroatoms. The molecule has 1 amide bonds. The van der Waals surface area contributed by atoms with Gasteiger partial charge in [-0.15, -0.1) is 0 Å². The van der Waals surface area contributed by atoms with Gasteiger partial charge in [-0.25, -0.2) is 4.79 Å². The van der Waals surface area contributed by atoms with Crippen molar-refractivity contribution in [2.75, 3.05) is 20.8 Å². The topological polar surface area (TPSA) is 47.6 Å². The van der Waals surface area contributed by atoms with Crippen molar-refractivity contribution in [3.8, 4) is 0 Å². The molecule has 0 aromatic rings. The van der Waals surface area contributed by atoms with Crippen molar-refractivity contribution in [1.82, 2.24) is 5.32 Å². The molecule has 5 fully saturated rings. The first-order valence-corrected chi connectivity index (χ1v) is 12.2. The van der Waals surface area contributed by atoms with E-state index in [4.69, 9.17) is 9.47 Å². The average molecular weight is 404 g/mol. The van der Waals surface area contributed by atoms with Gasteiger partial charge >= 0.3 is 6.09 Å². The maximum Gasteiger partial charge on any atom is 0.406 e. The van der Waals surface area contributed by atoms with E-state index in [1.165, 1.54) is 58.5 Å². The maximum absolute atomic E-state index is 11.6. The zero-order valence-electron chi connectivity index (χ0n) is 19.1. The molecule has 10 atom stereocenters. The SMILES string of the molecule is COC(=O)NC[C@@H](C)[C@H]1CC[C@H]2[C@@H]3CC(OC)C45C[C@H]4CC[C@]5(C)[C@H]3CC[C@]12C. The number of hydrogen-bond donors (Lipinski definition) is 1. The summed E-state index contributed by atoms with van der Waals surface area (Å²) in [7, 11) is 3.43. The first-order chi connectivity index (χ1) is 13.8. The highest BCUT2D eigenvalue weighted by molar-refractivity contribution is 5.66. The molecule has 0 aliphatic heterocycles. The van der Waals surface area contributed by atoms with Gasteiger partial charge in [0.05, 0.1) is 13.2 Å². The molecule has 1 N–H and O–H groups in total. The third kappa shape index (κ3) is 2.50. The van der Waals surface area contributed by atoms with Crippen molar-refractivity contribution in [1.29, 1.82) is 0 Å². The number of carbonyl (C=O) groups excluding carboxylic acids is 1. The fourth-order valence-electron chi connectivity index (χ4n) is 10.0.